The second-order valence-electron chi connectivity index (χ2n) is 14.6. The van der Waals surface area contributed by atoms with Crippen molar-refractivity contribution in [2.45, 2.75) is 113 Å². The number of halogens is 9. The number of hydrogen-bond donors (Lipinski definition) is 0. The van der Waals surface area contributed by atoms with Gasteiger partial charge >= 0.3 is 19.5 Å². The minimum absolute atomic E-state index is 0. The highest BCUT2D eigenvalue weighted by Crippen LogP contribution is 2.37. The van der Waals surface area contributed by atoms with Crippen LogP contribution in [-0.2, 0) is 32.0 Å². The largest absolute Gasteiger partial charge is 0.496 e. The molecule has 1 fully saturated rings. The molecule has 7 rings (SSSR count). The van der Waals surface area contributed by atoms with Crippen LogP contribution < -0.4 is 14.9 Å². The van der Waals surface area contributed by atoms with E-state index in [-0.39, 0.29) is 34.3 Å². The number of rotatable bonds is 10. The highest BCUT2D eigenvalue weighted by molar-refractivity contribution is 9.10. The average Bonchev–Trinajstić information content (AvgIpc) is 3.85. The average molecular weight is 996 g/mol. The molecule has 24 heteroatoms. The van der Waals surface area contributed by atoms with Crippen LogP contribution in [0.3, 0.4) is 0 Å². The monoisotopic (exact) mass is 994 g/mol. The van der Waals surface area contributed by atoms with Gasteiger partial charge in [0.2, 0.25) is 0 Å². The van der Waals surface area contributed by atoms with Crippen molar-refractivity contribution in [2.75, 3.05) is 14.2 Å². The predicted octanol–water partition coefficient (Wildman–Crippen LogP) is 9.80. The molecule has 0 radical (unpaired) electrons. The molecule has 1 saturated heterocycles. The number of fused-ring (bicyclic) bond motifs is 2. The summed E-state index contributed by atoms with van der Waals surface area (Å²) in [7, 11) is 2.31. The van der Waals surface area contributed by atoms with Gasteiger partial charge in [-0.3, -0.25) is 8.80 Å². The zero-order chi connectivity index (χ0) is 45.8. The summed E-state index contributed by atoms with van der Waals surface area (Å²) in [6.07, 6.45) is -7.52. The Hall–Kier alpha value is -5.04. The first-order chi connectivity index (χ1) is 28.9. The van der Waals surface area contributed by atoms with Crippen LogP contribution in [0.1, 0.15) is 75.5 Å². The van der Waals surface area contributed by atoms with Gasteiger partial charge in [0, 0.05) is 60.1 Å². The number of aromatic nitrogens is 8. The molecule has 14 nitrogen and oxygen atoms in total. The molecule has 0 aromatic carbocycles. The van der Waals surface area contributed by atoms with Gasteiger partial charge in [0.1, 0.15) is 13.2 Å². The molecule has 2 atom stereocenters. The SMILES string of the molecule is C.C.C.COCc1nnc2ccc(-c3cnc(O[C@@H](C)C(F)(F)F)c(F)c3)cn12.COCc1nnc2ccc(Br)cn12.C[C@H](Oc1ncc(B2OC(C)(C)C(C)(C)O2)cc1F)C(F)(F)F. The second-order valence-corrected chi connectivity index (χ2v) is 15.5. The maximum absolute atomic E-state index is 14.1. The van der Waals surface area contributed by atoms with Crippen molar-refractivity contribution < 1.29 is 63.4 Å². The minimum atomic E-state index is -4.61. The molecular weight excluding hydrogens is 943 g/mol. The third-order valence-electron chi connectivity index (χ3n) is 9.45. The summed E-state index contributed by atoms with van der Waals surface area (Å²) in [6.45, 7) is 9.60. The van der Waals surface area contributed by atoms with Crippen LogP contribution in [0.5, 0.6) is 11.8 Å². The van der Waals surface area contributed by atoms with Crippen molar-refractivity contribution in [3.63, 3.8) is 0 Å². The van der Waals surface area contributed by atoms with Gasteiger partial charge in [-0.1, -0.05) is 22.3 Å². The van der Waals surface area contributed by atoms with Crippen LogP contribution in [-0.4, -0.2) is 96.3 Å². The molecule has 7 heterocycles. The lowest BCUT2D eigenvalue weighted by Crippen LogP contribution is -2.41. The first kappa shape index (κ1) is 56.1. The third kappa shape index (κ3) is 13.8. The van der Waals surface area contributed by atoms with E-state index in [1.165, 1.54) is 19.5 Å². The maximum atomic E-state index is 14.1. The van der Waals surface area contributed by atoms with Crippen LogP contribution in [0.15, 0.2) is 65.7 Å². The molecule has 358 valence electrons. The Morgan fingerprint density at radius 3 is 1.55 bits per heavy atom. The molecule has 6 aromatic rings. The van der Waals surface area contributed by atoms with E-state index in [9.17, 15) is 35.1 Å². The van der Waals surface area contributed by atoms with E-state index in [0.717, 1.165) is 41.9 Å². The molecule has 0 spiro atoms. The first-order valence-corrected chi connectivity index (χ1v) is 19.2. The number of nitrogens with zero attached hydrogens (tertiary/aromatic N) is 8. The van der Waals surface area contributed by atoms with Gasteiger partial charge in [-0.15, -0.1) is 20.4 Å². The van der Waals surface area contributed by atoms with E-state index in [0.29, 0.717) is 29.2 Å². The van der Waals surface area contributed by atoms with Crippen LogP contribution in [0.25, 0.3) is 22.4 Å². The molecule has 0 amide bonds. The zero-order valence-corrected chi connectivity index (χ0v) is 35.9. The molecule has 1 aliphatic rings. The molecule has 0 aliphatic carbocycles. The van der Waals surface area contributed by atoms with E-state index < -0.39 is 66.3 Å². The summed E-state index contributed by atoms with van der Waals surface area (Å²) in [5.74, 6) is -2.05. The molecular formula is C41H52BBrF8N8O6. The van der Waals surface area contributed by atoms with Crippen molar-refractivity contribution >= 4 is 39.8 Å². The van der Waals surface area contributed by atoms with Crippen LogP contribution in [0, 0.1) is 11.6 Å². The lowest BCUT2D eigenvalue weighted by molar-refractivity contribution is -0.190. The number of hydrogen-bond acceptors (Lipinski definition) is 12. The van der Waals surface area contributed by atoms with Crippen molar-refractivity contribution in [1.82, 2.24) is 39.2 Å². The van der Waals surface area contributed by atoms with E-state index in [1.807, 2.05) is 50.4 Å². The van der Waals surface area contributed by atoms with Gasteiger partial charge in [0.15, 0.2) is 46.8 Å². The first-order valence-electron chi connectivity index (χ1n) is 18.4. The fraction of sp³-hybridized carbons (Fsp3) is 0.463. The Kier molecular flexibility index (Phi) is 19.4. The van der Waals surface area contributed by atoms with Gasteiger partial charge in [-0.2, -0.15) is 26.3 Å². The topological polar surface area (TPSA) is 142 Å². The molecule has 0 saturated carbocycles. The summed E-state index contributed by atoms with van der Waals surface area (Å²) in [6, 6.07) is 9.25. The van der Waals surface area contributed by atoms with Crippen LogP contribution in [0.2, 0.25) is 0 Å². The number of ether oxygens (including phenoxy) is 4. The standard InChI is InChI=1S/C16H14F4N4O2.C14H18BF4NO3.C8H8BrN3O.3CH4/c1-9(16(18,19)20)26-15-12(17)5-11(6-21-15)10-3-4-13-22-23-14(8-25-2)24(13)7-10;1-8(14(17,18)19)21-11-10(16)6-9(7-20-11)15-22-12(2,3)13(4,5)23-15;1-13-5-8-11-10-7-3-2-6(9)4-12(7)8;;;/h3-7,9H,8H2,1-2H3;6-8H,1-5H3;2-4H,5H2,1H3;3*1H4/t9-;8-;;;;/m00..../s1. The minimum Gasteiger partial charge on any atom is -0.463 e. The summed E-state index contributed by atoms with van der Waals surface area (Å²) in [5, 5.41) is 15.9. The van der Waals surface area contributed by atoms with Gasteiger partial charge in [0.05, 0.1) is 11.2 Å². The van der Waals surface area contributed by atoms with Crippen molar-refractivity contribution in [3.05, 3.63) is 88.9 Å². The number of methoxy groups -OCH3 is 2. The van der Waals surface area contributed by atoms with E-state index >= 15 is 0 Å². The highest BCUT2D eigenvalue weighted by Gasteiger charge is 2.52. The molecule has 0 N–H and O–H groups in total. The second kappa shape index (κ2) is 22.4. The van der Waals surface area contributed by atoms with Gasteiger partial charge in [-0.05, 0) is 93.9 Å². The summed E-state index contributed by atoms with van der Waals surface area (Å²) in [5.41, 5.74) is 1.39. The Labute approximate surface area is 380 Å². The van der Waals surface area contributed by atoms with E-state index in [1.54, 1.807) is 29.8 Å². The van der Waals surface area contributed by atoms with Gasteiger partial charge in [-0.25, -0.2) is 18.7 Å². The van der Waals surface area contributed by atoms with Gasteiger partial charge in [0.25, 0.3) is 11.8 Å². The molecule has 1 aliphatic heterocycles. The zero-order valence-electron chi connectivity index (χ0n) is 34.3. The molecule has 6 aromatic heterocycles. The molecule has 0 unspecified atom stereocenters. The fourth-order valence-electron chi connectivity index (χ4n) is 5.25. The smallest absolute Gasteiger partial charge is 0.463 e. The number of pyridine rings is 4. The van der Waals surface area contributed by atoms with E-state index in [2.05, 4.69) is 55.8 Å². The fourth-order valence-corrected chi connectivity index (χ4v) is 5.59. The van der Waals surface area contributed by atoms with Crippen LogP contribution >= 0.6 is 15.9 Å². The lowest BCUT2D eigenvalue weighted by Gasteiger charge is -2.32. The molecule has 65 heavy (non-hydrogen) atoms. The Morgan fingerprint density at radius 1 is 0.662 bits per heavy atom. The van der Waals surface area contributed by atoms with Crippen molar-refractivity contribution in [3.8, 4) is 22.9 Å². The summed E-state index contributed by atoms with van der Waals surface area (Å²) < 4.78 is 138. The highest BCUT2D eigenvalue weighted by atomic mass is 79.9. The van der Waals surface area contributed by atoms with Crippen molar-refractivity contribution in [2.24, 2.45) is 0 Å². The molecule has 0 bridgehead atoms. The van der Waals surface area contributed by atoms with Crippen LogP contribution in [0.4, 0.5) is 35.1 Å². The quantitative estimate of drug-likeness (QED) is 0.0953. The Morgan fingerprint density at radius 2 is 1.11 bits per heavy atom. The summed E-state index contributed by atoms with van der Waals surface area (Å²) in [4.78, 5) is 7.29. The number of alkyl halides is 6. The van der Waals surface area contributed by atoms with Crippen molar-refractivity contribution in [1.29, 1.82) is 0 Å². The maximum Gasteiger partial charge on any atom is 0.496 e. The summed E-state index contributed by atoms with van der Waals surface area (Å²) >= 11 is 3.39. The van der Waals surface area contributed by atoms with E-state index in [4.69, 9.17) is 18.8 Å². The van der Waals surface area contributed by atoms with Gasteiger partial charge < -0.3 is 28.3 Å². The normalized spacial score (nSPS) is 15.0. The lowest BCUT2D eigenvalue weighted by atomic mass is 9.80. The predicted molar refractivity (Wildman–Crippen MR) is 231 cm³/mol. The third-order valence-corrected chi connectivity index (χ3v) is 9.92. The Balaban J connectivity index is 0.000000343. The Bertz CT molecular complexity index is 2460.